The zero-order valence-electron chi connectivity index (χ0n) is 21.7. The number of carbonyl (C=O) groups excluding carboxylic acids is 1. The van der Waals surface area contributed by atoms with Crippen molar-refractivity contribution in [2.75, 3.05) is 5.32 Å². The Labute approximate surface area is 243 Å². The smallest absolute Gasteiger partial charge is 0.254 e. The largest absolute Gasteiger partial charge is 0.323 e. The summed E-state index contributed by atoms with van der Waals surface area (Å²) < 4.78 is 18.2. The van der Waals surface area contributed by atoms with Crippen LogP contribution in [0.1, 0.15) is 37.8 Å². The molecule has 2 atom stereocenters. The van der Waals surface area contributed by atoms with Gasteiger partial charge in [-0.1, -0.05) is 60.0 Å². The van der Waals surface area contributed by atoms with E-state index in [0.29, 0.717) is 30.6 Å². The van der Waals surface area contributed by atoms with Crippen molar-refractivity contribution in [3.63, 3.8) is 0 Å². The fourth-order valence-electron chi connectivity index (χ4n) is 5.09. The van der Waals surface area contributed by atoms with Gasteiger partial charge in [-0.3, -0.25) is 19.3 Å². The van der Waals surface area contributed by atoms with Gasteiger partial charge in [0.15, 0.2) is 11.0 Å². The average molecular weight is 593 g/mol. The number of nitrogens with zero attached hydrogens (tertiary/aromatic N) is 6. The minimum atomic E-state index is -0.748. The van der Waals surface area contributed by atoms with Gasteiger partial charge in [0.05, 0.1) is 58.1 Å². The number of benzene rings is 2. The third-order valence-corrected chi connectivity index (χ3v) is 7.70. The Morgan fingerprint density at radius 2 is 1.95 bits per heavy atom. The highest BCUT2D eigenvalue weighted by Gasteiger charge is 2.24. The lowest BCUT2D eigenvalue weighted by molar-refractivity contribution is -0.119. The van der Waals surface area contributed by atoms with E-state index in [2.05, 4.69) is 30.8 Å². The van der Waals surface area contributed by atoms with Crippen molar-refractivity contribution in [2.24, 2.45) is 5.92 Å². The van der Waals surface area contributed by atoms with Crippen LogP contribution in [0.2, 0.25) is 10.2 Å². The number of hydrogen-bond acceptors (Lipinski definition) is 6. The zero-order chi connectivity index (χ0) is 28.7. The predicted octanol–water partition coefficient (Wildman–Crippen LogP) is 5.67. The molecule has 0 radical (unpaired) electrons. The van der Waals surface area contributed by atoms with Gasteiger partial charge in [0.1, 0.15) is 0 Å². The quantitative estimate of drug-likeness (QED) is 0.278. The molecule has 1 aliphatic rings. The van der Waals surface area contributed by atoms with Crippen LogP contribution in [0.5, 0.6) is 0 Å². The lowest BCUT2D eigenvalue weighted by atomic mass is 9.94. The Hall–Kier alpha value is -4.35. The summed E-state index contributed by atoms with van der Waals surface area (Å²) in [5, 5.41) is 17.7. The third kappa shape index (κ3) is 5.14. The van der Waals surface area contributed by atoms with E-state index in [1.54, 1.807) is 12.3 Å². The molecule has 3 aromatic heterocycles. The highest BCUT2D eigenvalue weighted by molar-refractivity contribution is 6.31. The lowest BCUT2D eigenvalue weighted by Gasteiger charge is -2.23. The van der Waals surface area contributed by atoms with Crippen molar-refractivity contribution in [3.05, 3.63) is 93.1 Å². The minimum Gasteiger partial charge on any atom is -0.323 e. The van der Waals surface area contributed by atoms with E-state index < -0.39 is 5.82 Å². The van der Waals surface area contributed by atoms with Crippen molar-refractivity contribution in [3.8, 4) is 28.2 Å². The number of rotatable bonds is 3. The molecule has 0 saturated carbocycles. The van der Waals surface area contributed by atoms with Crippen molar-refractivity contribution >= 4 is 34.8 Å². The molecule has 4 heterocycles. The maximum Gasteiger partial charge on any atom is 0.254 e. The highest BCUT2D eigenvalue weighted by atomic mass is 35.5. The summed E-state index contributed by atoms with van der Waals surface area (Å²) in [6, 6.07) is 11.5. The fourth-order valence-corrected chi connectivity index (χ4v) is 5.37. The van der Waals surface area contributed by atoms with E-state index in [0.717, 1.165) is 11.1 Å². The number of carbonyl (C=O) groups is 1. The number of aromatic amines is 1. The van der Waals surface area contributed by atoms with Gasteiger partial charge < -0.3 is 5.32 Å². The van der Waals surface area contributed by atoms with Crippen molar-refractivity contribution in [1.29, 1.82) is 0 Å². The molecule has 5 aromatic rings. The molecule has 2 N–H and O–H groups in total. The lowest BCUT2D eigenvalue weighted by Crippen LogP contribution is -2.26. The van der Waals surface area contributed by atoms with Gasteiger partial charge in [-0.05, 0) is 36.6 Å². The molecule has 41 heavy (non-hydrogen) atoms. The van der Waals surface area contributed by atoms with Gasteiger partial charge >= 0.3 is 0 Å². The van der Waals surface area contributed by atoms with Crippen LogP contribution in [0.3, 0.4) is 0 Å². The normalized spacial score (nSPS) is 17.3. The molecule has 2 bridgehead atoms. The molecule has 0 saturated heterocycles. The van der Waals surface area contributed by atoms with Crippen LogP contribution >= 0.6 is 23.2 Å². The van der Waals surface area contributed by atoms with Gasteiger partial charge in [0, 0.05) is 17.5 Å². The number of amides is 1. The Bertz CT molecular complexity index is 1830. The molecule has 0 aliphatic carbocycles. The molecule has 0 unspecified atom stereocenters. The van der Waals surface area contributed by atoms with E-state index in [9.17, 15) is 9.59 Å². The Morgan fingerprint density at radius 1 is 1.10 bits per heavy atom. The van der Waals surface area contributed by atoms with E-state index >= 15 is 4.39 Å². The van der Waals surface area contributed by atoms with Gasteiger partial charge in [0.2, 0.25) is 5.91 Å². The Balaban J connectivity index is 1.44. The first kappa shape index (κ1) is 26.9. The molecule has 1 amide bonds. The summed E-state index contributed by atoms with van der Waals surface area (Å²) in [5.74, 6) is -1.10. The molecular weight excluding hydrogens is 570 g/mol. The first-order chi connectivity index (χ1) is 19.8. The third-order valence-electron chi connectivity index (χ3n) is 7.23. The molecule has 13 heteroatoms. The second-order valence-electron chi connectivity index (χ2n) is 9.88. The van der Waals surface area contributed by atoms with Crippen LogP contribution < -0.4 is 10.9 Å². The van der Waals surface area contributed by atoms with Crippen LogP contribution in [-0.4, -0.2) is 40.6 Å². The standard InChI is InChI=1S/C28H23Cl2FN8O2/c1-15-4-2-7-21(16-5-3-6-17(10-16)27-20(12-33-36-27)34-28(15)41)38-14-32-19(11-24(38)40)25-22(9-8-18(29)26(25)31)39-13-23(30)35-37-39/h3,5-6,8-15,21H,2,4,7H2,1H3,(H,33,36)(H,34,41)/t15-,21+/m1/s1. The van der Waals surface area contributed by atoms with Crippen molar-refractivity contribution in [1.82, 2.24) is 34.7 Å². The van der Waals surface area contributed by atoms with Crippen LogP contribution in [0.25, 0.3) is 28.2 Å². The van der Waals surface area contributed by atoms with Gasteiger partial charge in [-0.25, -0.2) is 14.1 Å². The maximum absolute atomic E-state index is 15.4. The minimum absolute atomic E-state index is 0.00406. The zero-order valence-corrected chi connectivity index (χ0v) is 23.2. The van der Waals surface area contributed by atoms with Gasteiger partial charge in [-0.15, -0.1) is 5.10 Å². The molecule has 1 aliphatic heterocycles. The molecule has 0 fully saturated rings. The van der Waals surface area contributed by atoms with Gasteiger partial charge in [0.25, 0.3) is 5.56 Å². The summed E-state index contributed by atoms with van der Waals surface area (Å²) in [6.07, 6.45) is 6.28. The molecular formula is C28H23Cl2FN8O2. The number of fused-ring (bicyclic) bond motifs is 4. The average Bonchev–Trinajstić information content (AvgIpc) is 3.61. The van der Waals surface area contributed by atoms with Crippen LogP contribution in [0, 0.1) is 11.7 Å². The summed E-state index contributed by atoms with van der Waals surface area (Å²) >= 11 is 12.0. The Kier molecular flexibility index (Phi) is 7.14. The van der Waals surface area contributed by atoms with E-state index in [1.807, 2.05) is 31.2 Å². The van der Waals surface area contributed by atoms with Gasteiger partial charge in [-0.2, -0.15) is 5.10 Å². The molecule has 10 nitrogen and oxygen atoms in total. The van der Waals surface area contributed by atoms with Crippen LogP contribution in [-0.2, 0) is 4.79 Å². The summed E-state index contributed by atoms with van der Waals surface area (Å²) in [6.45, 7) is 1.87. The number of halogens is 3. The van der Waals surface area contributed by atoms with Crippen molar-refractivity contribution in [2.45, 2.75) is 32.2 Å². The molecule has 0 spiro atoms. The predicted molar refractivity (Wildman–Crippen MR) is 153 cm³/mol. The maximum atomic E-state index is 15.4. The van der Waals surface area contributed by atoms with E-state index in [-0.39, 0.29) is 50.5 Å². The monoisotopic (exact) mass is 592 g/mol. The second kappa shape index (κ2) is 10.9. The number of anilines is 1. The van der Waals surface area contributed by atoms with E-state index in [4.69, 9.17) is 23.2 Å². The fraction of sp³-hybridized carbons (Fsp3) is 0.214. The van der Waals surface area contributed by atoms with Crippen LogP contribution in [0.4, 0.5) is 10.1 Å². The molecule has 6 rings (SSSR count). The molecule has 208 valence electrons. The summed E-state index contributed by atoms with van der Waals surface area (Å²) in [5.41, 5.74) is 2.93. The number of aromatic nitrogens is 7. The summed E-state index contributed by atoms with van der Waals surface area (Å²) in [7, 11) is 0. The topological polar surface area (TPSA) is 123 Å². The summed E-state index contributed by atoms with van der Waals surface area (Å²) in [4.78, 5) is 30.9. The number of hydrogen-bond donors (Lipinski definition) is 2. The SMILES string of the molecule is C[C@@H]1CCC[C@H](n2cnc(-c3c(-n4cc(Cl)nn4)ccc(Cl)c3F)cc2=O)c2cccc(c2)-c2[nH]ncc2NC1=O. The Morgan fingerprint density at radius 3 is 2.73 bits per heavy atom. The second-order valence-corrected chi connectivity index (χ2v) is 10.7. The van der Waals surface area contributed by atoms with Crippen LogP contribution in [0.15, 0.2) is 66.0 Å². The first-order valence-electron chi connectivity index (χ1n) is 12.9. The first-order valence-corrected chi connectivity index (χ1v) is 13.6. The highest BCUT2D eigenvalue weighted by Crippen LogP contribution is 2.34. The molecule has 2 aromatic carbocycles. The van der Waals surface area contributed by atoms with E-state index in [1.165, 1.54) is 33.9 Å². The van der Waals surface area contributed by atoms with Crippen molar-refractivity contribution < 1.29 is 9.18 Å². The number of nitrogens with one attached hydrogen (secondary N) is 2. The number of H-pyrrole nitrogens is 1.